The Morgan fingerprint density at radius 1 is 1.14 bits per heavy atom. The number of allylic oxidation sites excluding steroid dienone is 2. The number of methoxy groups -OCH3 is 1. The Hall–Kier alpha value is -4.34. The van der Waals surface area contributed by atoms with Gasteiger partial charge in [0.1, 0.15) is 29.5 Å². The molecule has 10 nitrogen and oxygen atoms in total. The molecule has 0 radical (unpaired) electrons. The zero-order chi connectivity index (χ0) is 30.7. The highest BCUT2D eigenvalue weighted by Gasteiger charge is 2.32. The number of anilines is 2. The fourth-order valence-corrected chi connectivity index (χ4v) is 6.05. The van der Waals surface area contributed by atoms with Gasteiger partial charge in [-0.1, -0.05) is 23.8 Å². The molecule has 2 aliphatic rings. The molecule has 1 amide bonds. The number of ether oxygens (including phenoxy) is 2. The summed E-state index contributed by atoms with van der Waals surface area (Å²) < 4.78 is 10.7. The van der Waals surface area contributed by atoms with Crippen molar-refractivity contribution in [1.82, 2.24) is 15.3 Å². The number of aromatic nitrogens is 2. The van der Waals surface area contributed by atoms with Crippen LogP contribution in [0.25, 0.3) is 10.9 Å². The van der Waals surface area contributed by atoms with Crippen molar-refractivity contribution in [3.63, 3.8) is 0 Å². The van der Waals surface area contributed by atoms with Crippen molar-refractivity contribution in [1.29, 1.82) is 0 Å². The average molecular weight is 588 g/mol. The van der Waals surface area contributed by atoms with E-state index >= 15 is 0 Å². The normalized spacial score (nSPS) is 18.3. The van der Waals surface area contributed by atoms with Crippen molar-refractivity contribution in [3.05, 3.63) is 58.2 Å². The number of para-hydroxylation sites is 1. The van der Waals surface area contributed by atoms with Gasteiger partial charge >= 0.3 is 5.97 Å². The number of esters is 1. The van der Waals surface area contributed by atoms with Crippen LogP contribution in [0.5, 0.6) is 11.5 Å². The molecule has 3 N–H and O–H groups in total. The van der Waals surface area contributed by atoms with Crippen molar-refractivity contribution in [3.8, 4) is 11.5 Å². The SMILES string of the molecule is COc1c(C)c2c(c(O)c1C/C=C(\C)CCC(=O)N[C@H]1CC[C@@H](Nc3nc(N(C)C)c4ccccc4n3)CC1)C(=O)OC2. The van der Waals surface area contributed by atoms with Gasteiger partial charge in [-0.3, -0.25) is 4.79 Å². The second-order valence-electron chi connectivity index (χ2n) is 11.7. The van der Waals surface area contributed by atoms with E-state index < -0.39 is 5.97 Å². The average Bonchev–Trinajstić information content (AvgIpc) is 3.39. The van der Waals surface area contributed by atoms with Gasteiger partial charge in [-0.15, -0.1) is 0 Å². The molecule has 1 aromatic heterocycles. The molecule has 5 rings (SSSR count). The minimum Gasteiger partial charge on any atom is -0.507 e. The summed E-state index contributed by atoms with van der Waals surface area (Å²) in [5, 5.41) is 18.6. The Morgan fingerprint density at radius 2 is 1.86 bits per heavy atom. The standard InChI is InChI=1S/C33H41N5O5/c1-19(10-16-24-29(40)28-25(18-43-32(28)41)20(2)30(24)42-5)11-17-27(39)34-21-12-14-22(15-13-21)35-33-36-26-9-7-6-8-23(26)31(37-33)38(3)4/h6-10,21-22,40H,11-18H2,1-5H3,(H,34,39)(H,35,36,37)/b19-10+/t21-,22+. The number of hydrogen-bond donors (Lipinski definition) is 3. The highest BCUT2D eigenvalue weighted by atomic mass is 16.5. The van der Waals surface area contributed by atoms with E-state index in [1.54, 1.807) is 7.11 Å². The van der Waals surface area contributed by atoms with Crippen molar-refractivity contribution < 1.29 is 24.2 Å². The first-order valence-electron chi connectivity index (χ1n) is 14.9. The zero-order valence-electron chi connectivity index (χ0n) is 25.6. The number of phenolic OH excluding ortho intramolecular Hbond substituents is 1. The first-order valence-corrected chi connectivity index (χ1v) is 14.9. The number of carbonyl (C=O) groups excluding carboxylic acids is 2. The zero-order valence-corrected chi connectivity index (χ0v) is 25.6. The Bertz CT molecular complexity index is 1560. The van der Waals surface area contributed by atoms with Crippen LogP contribution >= 0.6 is 0 Å². The molecule has 228 valence electrons. The summed E-state index contributed by atoms with van der Waals surface area (Å²) in [6, 6.07) is 8.44. The largest absolute Gasteiger partial charge is 0.507 e. The van der Waals surface area contributed by atoms with Crippen molar-refractivity contribution >= 4 is 34.5 Å². The molecule has 1 fully saturated rings. The number of carbonyl (C=O) groups is 2. The third-order valence-corrected chi connectivity index (χ3v) is 8.48. The summed E-state index contributed by atoms with van der Waals surface area (Å²) in [7, 11) is 5.53. The number of phenols is 1. The predicted octanol–water partition coefficient (Wildman–Crippen LogP) is 5.20. The molecule has 1 saturated carbocycles. The summed E-state index contributed by atoms with van der Waals surface area (Å²) in [5.74, 6) is 1.53. The molecule has 2 aromatic carbocycles. The fourth-order valence-electron chi connectivity index (χ4n) is 6.05. The first-order chi connectivity index (χ1) is 20.7. The summed E-state index contributed by atoms with van der Waals surface area (Å²) in [6.07, 6.45) is 6.99. The number of cyclic esters (lactones) is 1. The van der Waals surface area contributed by atoms with E-state index in [1.807, 2.05) is 63.2 Å². The van der Waals surface area contributed by atoms with E-state index in [1.165, 1.54) is 0 Å². The number of rotatable bonds is 10. The van der Waals surface area contributed by atoms with E-state index in [0.717, 1.165) is 53.5 Å². The molecular formula is C33H41N5O5. The maximum absolute atomic E-state index is 12.8. The molecule has 10 heteroatoms. The number of fused-ring (bicyclic) bond motifs is 2. The van der Waals surface area contributed by atoms with Gasteiger partial charge in [0, 0.05) is 49.1 Å². The molecule has 0 atom stereocenters. The fraction of sp³-hybridized carbons (Fsp3) is 0.455. The van der Waals surface area contributed by atoms with Crippen molar-refractivity contribution in [2.24, 2.45) is 0 Å². The van der Waals surface area contributed by atoms with Crippen LogP contribution in [-0.2, 0) is 22.6 Å². The van der Waals surface area contributed by atoms with Crippen LogP contribution < -0.4 is 20.3 Å². The van der Waals surface area contributed by atoms with E-state index in [9.17, 15) is 14.7 Å². The van der Waals surface area contributed by atoms with Crippen LogP contribution in [0.2, 0.25) is 0 Å². The highest BCUT2D eigenvalue weighted by molar-refractivity contribution is 5.98. The van der Waals surface area contributed by atoms with Crippen molar-refractivity contribution in [2.45, 2.75) is 77.5 Å². The lowest BCUT2D eigenvalue weighted by molar-refractivity contribution is -0.122. The molecule has 3 aromatic rings. The second kappa shape index (κ2) is 12.9. The van der Waals surface area contributed by atoms with Gasteiger partial charge in [0.25, 0.3) is 0 Å². The van der Waals surface area contributed by atoms with E-state index in [2.05, 4.69) is 10.6 Å². The van der Waals surface area contributed by atoms with Crippen LogP contribution in [0.4, 0.5) is 11.8 Å². The summed E-state index contributed by atoms with van der Waals surface area (Å²) in [6.45, 7) is 3.98. The van der Waals surface area contributed by atoms with Gasteiger partial charge in [-0.05, 0) is 70.1 Å². The van der Waals surface area contributed by atoms with Gasteiger partial charge in [-0.2, -0.15) is 4.98 Å². The maximum atomic E-state index is 12.8. The number of benzene rings is 2. The topological polar surface area (TPSA) is 126 Å². The Labute approximate surface area is 252 Å². The lowest BCUT2D eigenvalue weighted by Gasteiger charge is -2.30. The number of nitrogens with zero attached hydrogens (tertiary/aromatic N) is 3. The molecule has 0 saturated heterocycles. The third-order valence-electron chi connectivity index (χ3n) is 8.48. The Morgan fingerprint density at radius 3 is 2.58 bits per heavy atom. The smallest absolute Gasteiger partial charge is 0.342 e. The lowest BCUT2D eigenvalue weighted by atomic mass is 9.91. The summed E-state index contributed by atoms with van der Waals surface area (Å²) in [5.41, 5.74) is 4.20. The Balaban J connectivity index is 1.11. The molecule has 0 bridgehead atoms. The maximum Gasteiger partial charge on any atom is 0.342 e. The number of amides is 1. The van der Waals surface area contributed by atoms with Gasteiger partial charge in [0.05, 0.1) is 12.6 Å². The quantitative estimate of drug-likeness (QED) is 0.217. The van der Waals surface area contributed by atoms with Crippen molar-refractivity contribution in [2.75, 3.05) is 31.4 Å². The molecule has 43 heavy (non-hydrogen) atoms. The lowest BCUT2D eigenvalue weighted by Crippen LogP contribution is -2.40. The monoisotopic (exact) mass is 587 g/mol. The van der Waals surface area contributed by atoms with Gasteiger partial charge in [-0.25, -0.2) is 9.78 Å². The van der Waals surface area contributed by atoms with Gasteiger partial charge in [0.2, 0.25) is 11.9 Å². The number of aromatic hydroxyl groups is 1. The summed E-state index contributed by atoms with van der Waals surface area (Å²) >= 11 is 0. The van der Waals surface area contributed by atoms with Crippen LogP contribution in [-0.4, -0.2) is 60.2 Å². The highest BCUT2D eigenvalue weighted by Crippen LogP contribution is 2.42. The van der Waals surface area contributed by atoms with E-state index in [4.69, 9.17) is 19.4 Å². The molecular weight excluding hydrogens is 546 g/mol. The van der Waals surface area contributed by atoms with Crippen LogP contribution in [0.3, 0.4) is 0 Å². The predicted molar refractivity (Wildman–Crippen MR) is 167 cm³/mol. The van der Waals surface area contributed by atoms with E-state index in [0.29, 0.717) is 42.1 Å². The summed E-state index contributed by atoms with van der Waals surface area (Å²) in [4.78, 5) is 36.4. The number of hydrogen-bond acceptors (Lipinski definition) is 9. The number of nitrogens with one attached hydrogen (secondary N) is 2. The van der Waals surface area contributed by atoms with E-state index in [-0.39, 0.29) is 35.9 Å². The Kier molecular flexibility index (Phi) is 9.03. The van der Waals surface area contributed by atoms with Crippen LogP contribution in [0.1, 0.15) is 72.5 Å². The minimum absolute atomic E-state index is 0.0363. The van der Waals surface area contributed by atoms with Gasteiger partial charge < -0.3 is 30.1 Å². The molecule has 2 heterocycles. The molecule has 0 spiro atoms. The van der Waals surface area contributed by atoms with Gasteiger partial charge in [0.15, 0.2) is 0 Å². The second-order valence-corrected chi connectivity index (χ2v) is 11.7. The molecule has 0 unspecified atom stereocenters. The third kappa shape index (κ3) is 6.53. The molecule has 1 aliphatic carbocycles. The van der Waals surface area contributed by atoms with Crippen LogP contribution in [0.15, 0.2) is 35.9 Å². The minimum atomic E-state index is -0.512. The first kappa shape index (κ1) is 30.1. The van der Waals surface area contributed by atoms with Crippen LogP contribution in [0, 0.1) is 6.92 Å². The molecule has 1 aliphatic heterocycles.